The van der Waals surface area contributed by atoms with Gasteiger partial charge >= 0.3 is 5.97 Å². The Morgan fingerprint density at radius 2 is 1.85 bits per heavy atom. The lowest BCUT2D eigenvalue weighted by Gasteiger charge is -2.39. The highest BCUT2D eigenvalue weighted by Gasteiger charge is 2.44. The van der Waals surface area contributed by atoms with E-state index in [1.54, 1.807) is 27.7 Å². The third kappa shape index (κ3) is 3.09. The van der Waals surface area contributed by atoms with Crippen LogP contribution in [0.25, 0.3) is 0 Å². The molecule has 0 radical (unpaired) electrons. The molecule has 0 spiro atoms. The molecule has 112 valence electrons. The molecule has 0 atom stereocenters. The van der Waals surface area contributed by atoms with E-state index in [1.165, 1.54) is 18.3 Å². The van der Waals surface area contributed by atoms with Crippen LogP contribution >= 0.6 is 0 Å². The third-order valence-electron chi connectivity index (χ3n) is 3.70. The van der Waals surface area contributed by atoms with Crippen LogP contribution in [-0.4, -0.2) is 36.3 Å². The van der Waals surface area contributed by atoms with Crippen molar-refractivity contribution in [2.75, 3.05) is 11.6 Å². The van der Waals surface area contributed by atoms with Gasteiger partial charge in [0, 0.05) is 18.0 Å². The zero-order chi connectivity index (χ0) is 15.8. The van der Waals surface area contributed by atoms with E-state index in [-0.39, 0.29) is 10.7 Å². The molecule has 2 N–H and O–H groups in total. The average Bonchev–Trinajstić information content (AvgIpc) is 2.27. The smallest absolute Gasteiger partial charge is 0.311 e. The minimum absolute atomic E-state index is 0.0502. The summed E-state index contributed by atoms with van der Waals surface area (Å²) in [4.78, 5) is 15.4. The van der Waals surface area contributed by atoms with Crippen molar-refractivity contribution in [1.82, 2.24) is 4.98 Å². The molecule has 0 aliphatic heterocycles. The van der Waals surface area contributed by atoms with Crippen molar-refractivity contribution in [3.8, 4) is 0 Å². The predicted molar refractivity (Wildman–Crippen MR) is 76.5 cm³/mol. The van der Waals surface area contributed by atoms with E-state index in [2.05, 4.69) is 10.3 Å². The molecule has 1 rings (SSSR count). The van der Waals surface area contributed by atoms with Crippen LogP contribution < -0.4 is 5.32 Å². The van der Waals surface area contributed by atoms with E-state index in [9.17, 15) is 18.3 Å². The lowest BCUT2D eigenvalue weighted by molar-refractivity contribution is -0.149. The highest BCUT2D eigenvalue weighted by atomic mass is 32.2. The highest BCUT2D eigenvalue weighted by Crippen LogP contribution is 2.34. The number of sulfone groups is 1. The number of nitrogens with zero attached hydrogens (tertiary/aromatic N) is 1. The van der Waals surface area contributed by atoms with Gasteiger partial charge in [0.2, 0.25) is 0 Å². The molecule has 0 amide bonds. The van der Waals surface area contributed by atoms with Gasteiger partial charge in [0.15, 0.2) is 9.84 Å². The summed E-state index contributed by atoms with van der Waals surface area (Å²) >= 11 is 0. The van der Waals surface area contributed by atoms with Gasteiger partial charge in [0.25, 0.3) is 0 Å². The SMILES string of the molecule is CC(C)(Nc1ncccc1S(C)(=O)=O)C(C)(C)C(=O)O. The molecule has 7 heteroatoms. The first-order valence-electron chi connectivity index (χ1n) is 6.06. The van der Waals surface area contributed by atoms with Gasteiger partial charge in [0.05, 0.1) is 5.41 Å². The van der Waals surface area contributed by atoms with Crippen LogP contribution in [-0.2, 0) is 14.6 Å². The van der Waals surface area contributed by atoms with Crippen molar-refractivity contribution in [2.45, 2.75) is 38.1 Å². The lowest BCUT2D eigenvalue weighted by Crippen LogP contribution is -2.51. The highest BCUT2D eigenvalue weighted by molar-refractivity contribution is 7.90. The van der Waals surface area contributed by atoms with Crippen LogP contribution in [0.3, 0.4) is 0 Å². The normalized spacial score (nSPS) is 13.1. The molecule has 0 aliphatic rings. The molecule has 0 aliphatic carbocycles. The summed E-state index contributed by atoms with van der Waals surface area (Å²) in [5, 5.41) is 12.2. The molecule has 0 fully saturated rings. The molecule has 6 nitrogen and oxygen atoms in total. The summed E-state index contributed by atoms with van der Waals surface area (Å²) in [5.74, 6) is -0.818. The first kappa shape index (κ1) is 16.4. The van der Waals surface area contributed by atoms with E-state index >= 15 is 0 Å². The average molecular weight is 300 g/mol. The summed E-state index contributed by atoms with van der Waals surface area (Å²) in [5.41, 5.74) is -2.01. The number of rotatable bonds is 5. The Morgan fingerprint density at radius 1 is 1.30 bits per heavy atom. The maximum Gasteiger partial charge on any atom is 0.311 e. The standard InChI is InChI=1S/C13H20N2O4S/c1-12(2,11(16)17)13(3,4)15-10-9(20(5,18)19)7-6-8-14-10/h6-8H,1-5H3,(H,14,15)(H,16,17). The molecule has 0 aromatic carbocycles. The van der Waals surface area contributed by atoms with Crippen molar-refractivity contribution in [3.63, 3.8) is 0 Å². The van der Waals surface area contributed by atoms with Crippen LogP contribution in [0.5, 0.6) is 0 Å². The summed E-state index contributed by atoms with van der Waals surface area (Å²) < 4.78 is 23.5. The Kier molecular flexibility index (Phi) is 4.14. The first-order valence-corrected chi connectivity index (χ1v) is 7.95. The maximum atomic E-state index is 11.7. The topological polar surface area (TPSA) is 96.4 Å². The van der Waals surface area contributed by atoms with Gasteiger partial charge in [-0.2, -0.15) is 0 Å². The Morgan fingerprint density at radius 3 is 2.30 bits per heavy atom. The number of carbonyl (C=O) groups is 1. The molecule has 0 bridgehead atoms. The van der Waals surface area contributed by atoms with Crippen LogP contribution in [0.2, 0.25) is 0 Å². The summed E-state index contributed by atoms with van der Waals surface area (Å²) in [7, 11) is -3.44. The number of aromatic nitrogens is 1. The van der Waals surface area contributed by atoms with Crippen LogP contribution in [0.1, 0.15) is 27.7 Å². The quantitative estimate of drug-likeness (QED) is 0.860. The number of hydrogen-bond acceptors (Lipinski definition) is 5. The van der Waals surface area contributed by atoms with E-state index in [1.807, 2.05) is 0 Å². The van der Waals surface area contributed by atoms with Crippen LogP contribution in [0.15, 0.2) is 23.2 Å². The summed E-state index contributed by atoms with van der Waals surface area (Å²) in [6.07, 6.45) is 2.55. The molecular formula is C13H20N2O4S. The molecule has 0 saturated carbocycles. The van der Waals surface area contributed by atoms with Crippen LogP contribution in [0.4, 0.5) is 5.82 Å². The monoisotopic (exact) mass is 300 g/mol. The van der Waals surface area contributed by atoms with Gasteiger partial charge in [-0.1, -0.05) is 0 Å². The molecule has 1 aromatic rings. The van der Waals surface area contributed by atoms with Crippen LogP contribution in [0, 0.1) is 5.41 Å². The number of hydrogen-bond donors (Lipinski definition) is 2. The van der Waals surface area contributed by atoms with E-state index in [4.69, 9.17) is 0 Å². The number of carboxylic acids is 1. The number of nitrogens with one attached hydrogen (secondary N) is 1. The van der Waals surface area contributed by atoms with Crippen molar-refractivity contribution in [2.24, 2.45) is 5.41 Å². The summed E-state index contributed by atoms with van der Waals surface area (Å²) in [6.45, 7) is 6.54. The lowest BCUT2D eigenvalue weighted by atomic mass is 9.74. The van der Waals surface area contributed by atoms with E-state index in [0.717, 1.165) is 6.26 Å². The van der Waals surface area contributed by atoms with Crippen molar-refractivity contribution >= 4 is 21.6 Å². The molecule has 1 heterocycles. The summed E-state index contributed by atoms with van der Waals surface area (Å²) in [6, 6.07) is 2.96. The predicted octanol–water partition coefficient (Wildman–Crippen LogP) is 1.79. The van der Waals surface area contributed by atoms with E-state index in [0.29, 0.717) is 0 Å². The molecular weight excluding hydrogens is 280 g/mol. The van der Waals surface area contributed by atoms with Gasteiger partial charge in [0.1, 0.15) is 10.7 Å². The number of anilines is 1. The van der Waals surface area contributed by atoms with E-state index < -0.39 is 26.8 Å². The Balaban J connectivity index is 3.27. The second-order valence-electron chi connectivity index (χ2n) is 5.80. The minimum atomic E-state index is -3.44. The van der Waals surface area contributed by atoms with Crippen molar-refractivity contribution in [3.05, 3.63) is 18.3 Å². The second kappa shape index (κ2) is 5.05. The molecule has 0 saturated heterocycles. The minimum Gasteiger partial charge on any atom is -0.481 e. The zero-order valence-electron chi connectivity index (χ0n) is 12.3. The molecule has 1 aromatic heterocycles. The van der Waals surface area contributed by atoms with Gasteiger partial charge in [-0.3, -0.25) is 4.79 Å². The van der Waals surface area contributed by atoms with Crippen molar-refractivity contribution < 1.29 is 18.3 Å². The Labute approximate surface area is 119 Å². The fourth-order valence-corrected chi connectivity index (χ4v) is 2.28. The van der Waals surface area contributed by atoms with Crippen molar-refractivity contribution in [1.29, 1.82) is 0 Å². The maximum absolute atomic E-state index is 11.7. The van der Waals surface area contributed by atoms with Gasteiger partial charge in [-0.15, -0.1) is 0 Å². The molecule has 20 heavy (non-hydrogen) atoms. The fraction of sp³-hybridized carbons (Fsp3) is 0.538. The zero-order valence-corrected chi connectivity index (χ0v) is 13.1. The Hall–Kier alpha value is -1.63. The second-order valence-corrected chi connectivity index (χ2v) is 7.79. The van der Waals surface area contributed by atoms with Gasteiger partial charge in [-0.25, -0.2) is 13.4 Å². The van der Waals surface area contributed by atoms with Gasteiger partial charge < -0.3 is 10.4 Å². The number of aliphatic carboxylic acids is 1. The number of pyridine rings is 1. The third-order valence-corrected chi connectivity index (χ3v) is 4.83. The number of carboxylic acid groups (broad SMARTS) is 1. The molecule has 0 unspecified atom stereocenters. The van der Waals surface area contributed by atoms with Gasteiger partial charge in [-0.05, 0) is 39.8 Å². The largest absolute Gasteiger partial charge is 0.481 e. The fourth-order valence-electron chi connectivity index (χ4n) is 1.50. The first-order chi connectivity index (χ1) is 8.89. The Bertz CT molecular complexity index is 621.